The van der Waals surface area contributed by atoms with Crippen molar-refractivity contribution in [3.8, 4) is 0 Å². The van der Waals surface area contributed by atoms with Gasteiger partial charge in [-0.3, -0.25) is 9.36 Å². The molecule has 0 bridgehead atoms. The normalized spacial score (nSPS) is 14.6. The molecule has 164 valence electrons. The van der Waals surface area contributed by atoms with Crippen LogP contribution in [0.1, 0.15) is 21.6 Å². The van der Waals surface area contributed by atoms with Crippen molar-refractivity contribution in [1.82, 2.24) is 13.9 Å². The minimum Gasteiger partial charge on any atom is -0.294 e. The van der Waals surface area contributed by atoms with E-state index >= 15 is 0 Å². The van der Waals surface area contributed by atoms with E-state index in [0.717, 1.165) is 21.6 Å². The number of aryl methyl sites for hydroxylation is 1. The van der Waals surface area contributed by atoms with Gasteiger partial charge in [0, 0.05) is 18.0 Å². The van der Waals surface area contributed by atoms with Crippen LogP contribution in [-0.4, -0.2) is 28.8 Å². The number of benzene rings is 2. The molecule has 0 N–H and O–H groups in total. The van der Waals surface area contributed by atoms with Gasteiger partial charge in [0.1, 0.15) is 10.6 Å². The number of hydrogen-bond acceptors (Lipinski definition) is 5. The minimum atomic E-state index is -3.62. The highest BCUT2D eigenvalue weighted by molar-refractivity contribution is 7.89. The fourth-order valence-electron chi connectivity index (χ4n) is 3.96. The number of thiophene rings is 1. The van der Waals surface area contributed by atoms with Crippen LogP contribution in [0.3, 0.4) is 0 Å². The number of rotatable bonds is 4. The summed E-state index contributed by atoms with van der Waals surface area (Å²) < 4.78 is 42.3. The van der Waals surface area contributed by atoms with Crippen molar-refractivity contribution in [3.63, 3.8) is 0 Å². The molecule has 0 atom stereocenters. The van der Waals surface area contributed by atoms with E-state index in [1.54, 1.807) is 36.4 Å². The van der Waals surface area contributed by atoms with E-state index < -0.39 is 10.0 Å². The van der Waals surface area contributed by atoms with Crippen molar-refractivity contribution in [2.75, 3.05) is 6.54 Å². The molecule has 0 saturated heterocycles. The summed E-state index contributed by atoms with van der Waals surface area (Å²) in [6, 6.07) is 12.8. The third kappa shape index (κ3) is 3.66. The maximum Gasteiger partial charge on any atom is 0.262 e. The van der Waals surface area contributed by atoms with Crippen LogP contribution in [0.2, 0.25) is 0 Å². The lowest BCUT2D eigenvalue weighted by Crippen LogP contribution is -2.35. The summed E-state index contributed by atoms with van der Waals surface area (Å²) in [4.78, 5) is 19.4. The lowest BCUT2D eigenvalue weighted by molar-refractivity contribution is 0.396. The number of aromatic nitrogens is 2. The largest absolute Gasteiger partial charge is 0.294 e. The zero-order valence-corrected chi connectivity index (χ0v) is 18.9. The summed E-state index contributed by atoms with van der Waals surface area (Å²) in [6.45, 7) is 2.74. The first-order valence-electron chi connectivity index (χ1n) is 10.1. The highest BCUT2D eigenvalue weighted by atomic mass is 32.2. The quantitative estimate of drug-likeness (QED) is 0.457. The van der Waals surface area contributed by atoms with E-state index in [1.807, 2.05) is 6.92 Å². The molecule has 0 radical (unpaired) electrons. The Bertz CT molecular complexity index is 1470. The van der Waals surface area contributed by atoms with E-state index in [2.05, 4.69) is 4.98 Å². The van der Waals surface area contributed by atoms with Gasteiger partial charge in [0.2, 0.25) is 10.0 Å². The highest BCUT2D eigenvalue weighted by Crippen LogP contribution is 2.34. The number of halogens is 1. The van der Waals surface area contributed by atoms with E-state index in [4.69, 9.17) is 0 Å². The predicted molar refractivity (Wildman–Crippen MR) is 122 cm³/mol. The molecule has 0 unspecified atom stereocenters. The Morgan fingerprint density at radius 3 is 2.53 bits per heavy atom. The summed E-state index contributed by atoms with van der Waals surface area (Å²) in [5, 5.41) is 0.557. The van der Waals surface area contributed by atoms with Crippen molar-refractivity contribution < 1.29 is 12.8 Å². The molecule has 3 heterocycles. The first-order valence-corrected chi connectivity index (χ1v) is 12.4. The summed E-state index contributed by atoms with van der Waals surface area (Å²) in [5.74, 6) is -0.327. The van der Waals surface area contributed by atoms with Gasteiger partial charge in [-0.1, -0.05) is 29.8 Å². The molecule has 6 nitrogen and oxygen atoms in total. The van der Waals surface area contributed by atoms with Gasteiger partial charge >= 0.3 is 0 Å². The van der Waals surface area contributed by atoms with E-state index in [-0.39, 0.29) is 22.8 Å². The zero-order chi connectivity index (χ0) is 22.5. The number of fused-ring (bicyclic) bond motifs is 3. The second kappa shape index (κ2) is 7.91. The predicted octanol–water partition coefficient (Wildman–Crippen LogP) is 3.70. The van der Waals surface area contributed by atoms with Crippen molar-refractivity contribution in [3.05, 3.63) is 92.6 Å². The maximum atomic E-state index is 13.2. The summed E-state index contributed by atoms with van der Waals surface area (Å²) in [6.07, 6.45) is 1.95. The Labute approximate surface area is 188 Å². The topological polar surface area (TPSA) is 72.3 Å². The SMILES string of the molecule is Cc1ccc(S(=O)(=O)N2CCc3c(sc4ncn(Cc5ccc(F)cc5)c(=O)c34)C2)cc1. The highest BCUT2D eigenvalue weighted by Gasteiger charge is 2.31. The zero-order valence-electron chi connectivity index (χ0n) is 17.3. The van der Waals surface area contributed by atoms with Gasteiger partial charge in [0.15, 0.2) is 0 Å². The Morgan fingerprint density at radius 1 is 1.09 bits per heavy atom. The lowest BCUT2D eigenvalue weighted by Gasteiger charge is -2.26. The Hall–Kier alpha value is -2.88. The van der Waals surface area contributed by atoms with Gasteiger partial charge in [0.25, 0.3) is 5.56 Å². The van der Waals surface area contributed by atoms with Crippen LogP contribution in [0.4, 0.5) is 4.39 Å². The standard InChI is InChI=1S/C23H20FN3O3S2/c1-15-2-8-18(9-3-15)32(29,30)27-11-10-19-20(13-27)31-22-21(19)23(28)26(14-25-22)12-16-4-6-17(24)7-5-16/h2-9,14H,10-13H2,1H3. The monoisotopic (exact) mass is 469 g/mol. The number of hydrogen-bond donors (Lipinski definition) is 0. The molecule has 0 spiro atoms. The average Bonchev–Trinajstić information content (AvgIpc) is 3.16. The summed E-state index contributed by atoms with van der Waals surface area (Å²) in [7, 11) is -3.62. The third-order valence-corrected chi connectivity index (χ3v) is 8.70. The van der Waals surface area contributed by atoms with Crippen LogP contribution in [0.5, 0.6) is 0 Å². The maximum absolute atomic E-state index is 13.2. The van der Waals surface area contributed by atoms with Gasteiger partial charge in [-0.25, -0.2) is 17.8 Å². The van der Waals surface area contributed by atoms with Crippen LogP contribution in [-0.2, 0) is 29.5 Å². The fraction of sp³-hybridized carbons (Fsp3) is 0.217. The van der Waals surface area contributed by atoms with E-state index in [1.165, 1.54) is 38.7 Å². The molecule has 1 aliphatic heterocycles. The summed E-state index contributed by atoms with van der Waals surface area (Å²) in [5.41, 5.74) is 2.52. The molecule has 32 heavy (non-hydrogen) atoms. The fourth-order valence-corrected chi connectivity index (χ4v) is 6.64. The molecule has 5 rings (SSSR count). The van der Waals surface area contributed by atoms with Gasteiger partial charge in [-0.2, -0.15) is 4.31 Å². The van der Waals surface area contributed by atoms with Gasteiger partial charge < -0.3 is 0 Å². The molecule has 0 aliphatic carbocycles. The van der Waals surface area contributed by atoms with Crippen LogP contribution in [0, 0.1) is 12.7 Å². The Balaban J connectivity index is 1.48. The van der Waals surface area contributed by atoms with Crippen molar-refractivity contribution in [2.24, 2.45) is 0 Å². The van der Waals surface area contributed by atoms with Crippen LogP contribution >= 0.6 is 11.3 Å². The Kier molecular flexibility index (Phi) is 5.19. The third-order valence-electron chi connectivity index (χ3n) is 5.72. The molecule has 1 aliphatic rings. The molecular formula is C23H20FN3O3S2. The lowest BCUT2D eigenvalue weighted by atomic mass is 10.1. The number of sulfonamides is 1. The van der Waals surface area contributed by atoms with Gasteiger partial charge in [0.05, 0.1) is 23.2 Å². The molecule has 4 aromatic rings. The van der Waals surface area contributed by atoms with Crippen LogP contribution < -0.4 is 5.56 Å². The van der Waals surface area contributed by atoms with Gasteiger partial charge in [-0.15, -0.1) is 11.3 Å². The molecule has 0 fully saturated rings. The molecule has 2 aromatic heterocycles. The minimum absolute atomic E-state index is 0.160. The first-order chi connectivity index (χ1) is 15.3. The summed E-state index contributed by atoms with van der Waals surface area (Å²) >= 11 is 1.37. The second-order valence-electron chi connectivity index (χ2n) is 7.89. The van der Waals surface area contributed by atoms with Gasteiger partial charge in [-0.05, 0) is 48.7 Å². The average molecular weight is 470 g/mol. The van der Waals surface area contributed by atoms with Crippen molar-refractivity contribution in [2.45, 2.75) is 31.3 Å². The smallest absolute Gasteiger partial charge is 0.262 e. The molecule has 2 aromatic carbocycles. The van der Waals surface area contributed by atoms with E-state index in [9.17, 15) is 17.6 Å². The number of nitrogens with zero attached hydrogens (tertiary/aromatic N) is 3. The first kappa shape index (κ1) is 21.0. The molecule has 0 saturated carbocycles. The van der Waals surface area contributed by atoms with Crippen LogP contribution in [0.15, 0.2) is 64.5 Å². The molecular weight excluding hydrogens is 449 g/mol. The molecule has 9 heteroatoms. The second-order valence-corrected chi connectivity index (χ2v) is 10.9. The van der Waals surface area contributed by atoms with Crippen LogP contribution in [0.25, 0.3) is 10.2 Å². The Morgan fingerprint density at radius 2 is 1.81 bits per heavy atom. The molecule has 0 amide bonds. The van der Waals surface area contributed by atoms with E-state index in [0.29, 0.717) is 29.7 Å². The van der Waals surface area contributed by atoms with Crippen molar-refractivity contribution in [1.29, 1.82) is 0 Å². The van der Waals surface area contributed by atoms with Crippen molar-refractivity contribution >= 4 is 31.6 Å².